The highest BCUT2D eigenvalue weighted by Crippen LogP contribution is 2.42. The SMILES string of the molecule is COc1cc(CNC2CCC(C)(C)CC2)cc2c1OCO2. The summed E-state index contributed by atoms with van der Waals surface area (Å²) in [6, 6.07) is 4.70. The van der Waals surface area contributed by atoms with Gasteiger partial charge in [0.1, 0.15) is 0 Å². The molecule has 1 aliphatic heterocycles. The molecule has 1 aliphatic carbocycles. The molecule has 0 saturated heterocycles. The molecular formula is C17H25NO3. The molecule has 0 atom stereocenters. The van der Waals surface area contributed by atoms with E-state index in [0.717, 1.165) is 23.8 Å². The van der Waals surface area contributed by atoms with Crippen LogP contribution in [0.3, 0.4) is 0 Å². The average molecular weight is 291 g/mol. The molecule has 2 aliphatic rings. The van der Waals surface area contributed by atoms with E-state index in [1.54, 1.807) is 7.11 Å². The van der Waals surface area contributed by atoms with Gasteiger partial charge in [0.15, 0.2) is 11.5 Å². The van der Waals surface area contributed by atoms with Gasteiger partial charge in [-0.3, -0.25) is 0 Å². The minimum atomic E-state index is 0.278. The summed E-state index contributed by atoms with van der Waals surface area (Å²) < 4.78 is 16.3. The van der Waals surface area contributed by atoms with Crippen LogP contribution in [0.15, 0.2) is 12.1 Å². The van der Waals surface area contributed by atoms with Crippen LogP contribution in [0.25, 0.3) is 0 Å². The number of ether oxygens (including phenoxy) is 3. The van der Waals surface area contributed by atoms with Crippen LogP contribution in [0.4, 0.5) is 0 Å². The zero-order valence-electron chi connectivity index (χ0n) is 13.2. The molecule has 116 valence electrons. The van der Waals surface area contributed by atoms with Crippen molar-refractivity contribution in [2.75, 3.05) is 13.9 Å². The Balaban J connectivity index is 1.61. The van der Waals surface area contributed by atoms with E-state index in [4.69, 9.17) is 14.2 Å². The zero-order chi connectivity index (χ0) is 14.9. The van der Waals surface area contributed by atoms with Gasteiger partial charge >= 0.3 is 0 Å². The van der Waals surface area contributed by atoms with Crippen LogP contribution in [0.2, 0.25) is 0 Å². The summed E-state index contributed by atoms with van der Waals surface area (Å²) in [4.78, 5) is 0. The lowest BCUT2D eigenvalue weighted by molar-refractivity contribution is 0.171. The molecule has 21 heavy (non-hydrogen) atoms. The maximum absolute atomic E-state index is 5.47. The van der Waals surface area contributed by atoms with Crippen molar-refractivity contribution in [1.29, 1.82) is 0 Å². The highest BCUT2D eigenvalue weighted by atomic mass is 16.7. The Bertz CT molecular complexity index is 503. The van der Waals surface area contributed by atoms with Crippen molar-refractivity contribution in [3.8, 4) is 17.2 Å². The Morgan fingerprint density at radius 3 is 2.71 bits per heavy atom. The number of benzene rings is 1. The van der Waals surface area contributed by atoms with E-state index in [-0.39, 0.29) is 6.79 Å². The van der Waals surface area contributed by atoms with Crippen LogP contribution < -0.4 is 19.5 Å². The summed E-state index contributed by atoms with van der Waals surface area (Å²) in [5, 5.41) is 3.67. The van der Waals surface area contributed by atoms with Gasteiger partial charge in [0.2, 0.25) is 12.5 Å². The Morgan fingerprint density at radius 1 is 1.24 bits per heavy atom. The normalized spacial score (nSPS) is 20.5. The van der Waals surface area contributed by atoms with Gasteiger partial charge in [0, 0.05) is 12.6 Å². The van der Waals surface area contributed by atoms with Crippen molar-refractivity contribution in [3.05, 3.63) is 17.7 Å². The second kappa shape index (κ2) is 5.76. The first-order chi connectivity index (χ1) is 10.1. The second-order valence-electron chi connectivity index (χ2n) is 6.85. The molecule has 4 nitrogen and oxygen atoms in total. The number of nitrogens with one attached hydrogen (secondary N) is 1. The van der Waals surface area contributed by atoms with E-state index < -0.39 is 0 Å². The van der Waals surface area contributed by atoms with Gasteiger partial charge in [-0.15, -0.1) is 0 Å². The first-order valence-electron chi connectivity index (χ1n) is 7.77. The molecule has 0 bridgehead atoms. The van der Waals surface area contributed by atoms with E-state index in [2.05, 4.69) is 19.2 Å². The Hall–Kier alpha value is -1.42. The van der Waals surface area contributed by atoms with Crippen LogP contribution in [0.5, 0.6) is 17.2 Å². The molecule has 1 aromatic carbocycles. The van der Waals surface area contributed by atoms with Crippen molar-refractivity contribution < 1.29 is 14.2 Å². The molecule has 0 aromatic heterocycles. The molecular weight excluding hydrogens is 266 g/mol. The quantitative estimate of drug-likeness (QED) is 0.922. The summed E-state index contributed by atoms with van der Waals surface area (Å²) in [7, 11) is 1.66. The Labute approximate surface area is 126 Å². The molecule has 1 saturated carbocycles. The fourth-order valence-electron chi connectivity index (χ4n) is 3.15. The van der Waals surface area contributed by atoms with Gasteiger partial charge in [-0.2, -0.15) is 0 Å². The minimum absolute atomic E-state index is 0.278. The molecule has 4 heteroatoms. The van der Waals surface area contributed by atoms with Crippen LogP contribution in [0.1, 0.15) is 45.1 Å². The minimum Gasteiger partial charge on any atom is -0.493 e. The monoisotopic (exact) mass is 291 g/mol. The van der Waals surface area contributed by atoms with Crippen LogP contribution in [0, 0.1) is 5.41 Å². The van der Waals surface area contributed by atoms with Gasteiger partial charge in [-0.1, -0.05) is 13.8 Å². The molecule has 0 unspecified atom stereocenters. The summed E-state index contributed by atoms with van der Waals surface area (Å²) in [5.74, 6) is 2.27. The van der Waals surface area contributed by atoms with Gasteiger partial charge in [-0.25, -0.2) is 0 Å². The van der Waals surface area contributed by atoms with Crippen LogP contribution in [-0.2, 0) is 6.54 Å². The highest BCUT2D eigenvalue weighted by Gasteiger charge is 2.26. The third-order valence-electron chi connectivity index (χ3n) is 4.65. The Kier molecular flexibility index (Phi) is 3.98. The smallest absolute Gasteiger partial charge is 0.231 e. The predicted octanol–water partition coefficient (Wildman–Crippen LogP) is 3.48. The first-order valence-corrected chi connectivity index (χ1v) is 7.77. The number of fused-ring (bicyclic) bond motifs is 1. The number of methoxy groups -OCH3 is 1. The molecule has 0 spiro atoms. The third kappa shape index (κ3) is 3.26. The van der Waals surface area contributed by atoms with E-state index in [9.17, 15) is 0 Å². The van der Waals surface area contributed by atoms with Gasteiger partial charge < -0.3 is 19.5 Å². The summed E-state index contributed by atoms with van der Waals surface area (Å²) >= 11 is 0. The van der Waals surface area contributed by atoms with Crippen molar-refractivity contribution in [3.63, 3.8) is 0 Å². The summed E-state index contributed by atoms with van der Waals surface area (Å²) in [5.41, 5.74) is 1.70. The largest absolute Gasteiger partial charge is 0.493 e. The molecule has 1 heterocycles. The number of rotatable bonds is 4. The van der Waals surface area contributed by atoms with Gasteiger partial charge in [0.25, 0.3) is 0 Å². The van der Waals surface area contributed by atoms with E-state index in [1.807, 2.05) is 12.1 Å². The zero-order valence-corrected chi connectivity index (χ0v) is 13.2. The first kappa shape index (κ1) is 14.5. The maximum Gasteiger partial charge on any atom is 0.231 e. The standard InChI is InChI=1S/C17H25NO3/c1-17(2)6-4-13(5-7-17)18-10-12-8-14(19-3)16-15(9-12)20-11-21-16/h8-9,13,18H,4-7,10-11H2,1-3H3. The van der Waals surface area contributed by atoms with E-state index in [0.29, 0.717) is 11.5 Å². The van der Waals surface area contributed by atoms with Crippen molar-refractivity contribution in [2.24, 2.45) is 5.41 Å². The molecule has 1 aromatic rings. The Morgan fingerprint density at radius 2 is 2.00 bits per heavy atom. The van der Waals surface area contributed by atoms with Crippen molar-refractivity contribution in [1.82, 2.24) is 5.32 Å². The molecule has 0 amide bonds. The number of hydrogen-bond acceptors (Lipinski definition) is 4. The molecule has 0 radical (unpaired) electrons. The molecule has 1 N–H and O–H groups in total. The van der Waals surface area contributed by atoms with Crippen LogP contribution in [-0.4, -0.2) is 19.9 Å². The fraction of sp³-hybridized carbons (Fsp3) is 0.647. The van der Waals surface area contributed by atoms with Gasteiger partial charge in [-0.05, 0) is 48.8 Å². The lowest BCUT2D eigenvalue weighted by Gasteiger charge is -2.34. The summed E-state index contributed by atoms with van der Waals surface area (Å²) in [6.07, 6.45) is 5.12. The second-order valence-corrected chi connectivity index (χ2v) is 6.85. The fourth-order valence-corrected chi connectivity index (χ4v) is 3.15. The van der Waals surface area contributed by atoms with E-state index in [1.165, 1.54) is 31.2 Å². The van der Waals surface area contributed by atoms with E-state index >= 15 is 0 Å². The average Bonchev–Trinajstić information content (AvgIpc) is 2.93. The summed E-state index contributed by atoms with van der Waals surface area (Å²) in [6.45, 7) is 5.86. The molecule has 1 fully saturated rings. The lowest BCUT2D eigenvalue weighted by atomic mass is 9.75. The lowest BCUT2D eigenvalue weighted by Crippen LogP contribution is -2.35. The number of hydrogen-bond donors (Lipinski definition) is 1. The maximum atomic E-state index is 5.47. The van der Waals surface area contributed by atoms with Crippen molar-refractivity contribution >= 4 is 0 Å². The topological polar surface area (TPSA) is 39.7 Å². The van der Waals surface area contributed by atoms with Gasteiger partial charge in [0.05, 0.1) is 7.11 Å². The third-order valence-corrected chi connectivity index (χ3v) is 4.65. The van der Waals surface area contributed by atoms with Crippen molar-refractivity contribution in [2.45, 2.75) is 52.1 Å². The molecule has 3 rings (SSSR count). The predicted molar refractivity (Wildman–Crippen MR) is 82.0 cm³/mol. The van der Waals surface area contributed by atoms with Crippen LogP contribution >= 0.6 is 0 Å². The highest BCUT2D eigenvalue weighted by molar-refractivity contribution is 5.55.